The third-order valence-corrected chi connectivity index (χ3v) is 1.88. The average molecular weight is 204 g/mol. The molecule has 0 rings (SSSR count). The standard InChI is InChI=1S/C11H24O3/c1-4-7-10(12)14-11(8-5-2)13-9-6-3/h10-12H,4-9H2,1-3H3. The molecule has 0 bridgehead atoms. The Morgan fingerprint density at radius 2 is 1.64 bits per heavy atom. The molecule has 0 radical (unpaired) electrons. The number of ether oxygens (including phenoxy) is 2. The molecule has 0 aromatic heterocycles. The number of hydrogen-bond acceptors (Lipinski definition) is 3. The fourth-order valence-electron chi connectivity index (χ4n) is 1.17. The Bertz CT molecular complexity index is 117. The van der Waals surface area contributed by atoms with Crippen LogP contribution in [0.5, 0.6) is 0 Å². The molecule has 14 heavy (non-hydrogen) atoms. The molecule has 0 heterocycles. The van der Waals surface area contributed by atoms with Gasteiger partial charge in [0, 0.05) is 6.61 Å². The molecular weight excluding hydrogens is 180 g/mol. The lowest BCUT2D eigenvalue weighted by Gasteiger charge is -2.21. The topological polar surface area (TPSA) is 38.7 Å². The minimum Gasteiger partial charge on any atom is -0.368 e. The minimum absolute atomic E-state index is 0.235. The summed E-state index contributed by atoms with van der Waals surface area (Å²) in [5.41, 5.74) is 0. The van der Waals surface area contributed by atoms with Crippen molar-refractivity contribution in [3.63, 3.8) is 0 Å². The molecule has 0 saturated heterocycles. The number of rotatable bonds is 9. The average Bonchev–Trinajstić information content (AvgIpc) is 2.15. The Kier molecular flexibility index (Phi) is 9.35. The van der Waals surface area contributed by atoms with Crippen LogP contribution in [0.2, 0.25) is 0 Å². The monoisotopic (exact) mass is 204 g/mol. The lowest BCUT2D eigenvalue weighted by atomic mass is 10.3. The van der Waals surface area contributed by atoms with Gasteiger partial charge in [0.15, 0.2) is 12.6 Å². The highest BCUT2D eigenvalue weighted by atomic mass is 16.7. The van der Waals surface area contributed by atoms with Crippen molar-refractivity contribution in [2.24, 2.45) is 0 Å². The molecule has 86 valence electrons. The van der Waals surface area contributed by atoms with Crippen molar-refractivity contribution in [1.82, 2.24) is 0 Å². The second-order valence-electron chi connectivity index (χ2n) is 3.47. The lowest BCUT2D eigenvalue weighted by molar-refractivity contribution is -0.232. The van der Waals surface area contributed by atoms with E-state index in [4.69, 9.17) is 9.47 Å². The summed E-state index contributed by atoms with van der Waals surface area (Å²) in [5.74, 6) is 0. The second-order valence-corrected chi connectivity index (χ2v) is 3.47. The molecule has 0 aromatic rings. The normalized spacial score (nSPS) is 15.4. The third kappa shape index (κ3) is 7.30. The first-order valence-electron chi connectivity index (χ1n) is 5.69. The van der Waals surface area contributed by atoms with E-state index < -0.39 is 6.29 Å². The minimum atomic E-state index is -0.673. The first kappa shape index (κ1) is 13.9. The van der Waals surface area contributed by atoms with Crippen molar-refractivity contribution in [3.05, 3.63) is 0 Å². The zero-order valence-corrected chi connectivity index (χ0v) is 9.66. The van der Waals surface area contributed by atoms with Crippen molar-refractivity contribution in [2.45, 2.75) is 65.5 Å². The van der Waals surface area contributed by atoms with Crippen LogP contribution in [-0.2, 0) is 9.47 Å². The van der Waals surface area contributed by atoms with Crippen LogP contribution in [0, 0.1) is 0 Å². The first-order valence-corrected chi connectivity index (χ1v) is 5.69. The second kappa shape index (κ2) is 9.44. The van der Waals surface area contributed by atoms with E-state index in [1.54, 1.807) is 0 Å². The molecule has 1 N–H and O–H groups in total. The highest BCUT2D eigenvalue weighted by molar-refractivity contribution is 4.47. The van der Waals surface area contributed by atoms with Gasteiger partial charge in [-0.15, -0.1) is 0 Å². The molecule has 2 unspecified atom stereocenters. The van der Waals surface area contributed by atoms with Crippen LogP contribution in [0.3, 0.4) is 0 Å². The summed E-state index contributed by atoms with van der Waals surface area (Å²) >= 11 is 0. The molecule has 2 atom stereocenters. The van der Waals surface area contributed by atoms with Gasteiger partial charge in [-0.25, -0.2) is 0 Å². The molecule has 0 fully saturated rings. The Balaban J connectivity index is 3.69. The first-order chi connectivity index (χ1) is 6.74. The van der Waals surface area contributed by atoms with Gasteiger partial charge in [0.25, 0.3) is 0 Å². The molecule has 3 heteroatoms. The predicted octanol–water partition coefficient (Wildman–Crippen LogP) is 2.67. The summed E-state index contributed by atoms with van der Waals surface area (Å²) in [6, 6.07) is 0. The van der Waals surface area contributed by atoms with Crippen molar-refractivity contribution >= 4 is 0 Å². The molecular formula is C11H24O3. The van der Waals surface area contributed by atoms with Crippen LogP contribution in [-0.4, -0.2) is 24.3 Å². The molecule has 0 aliphatic carbocycles. The maximum atomic E-state index is 9.44. The highest BCUT2D eigenvalue weighted by Gasteiger charge is 2.12. The molecule has 0 spiro atoms. The summed E-state index contributed by atoms with van der Waals surface area (Å²) in [6.07, 6.45) is 3.53. The summed E-state index contributed by atoms with van der Waals surface area (Å²) in [6.45, 7) is 6.86. The Morgan fingerprint density at radius 1 is 1.00 bits per heavy atom. The number of hydrogen-bond donors (Lipinski definition) is 1. The van der Waals surface area contributed by atoms with Gasteiger partial charge < -0.3 is 14.6 Å². The lowest BCUT2D eigenvalue weighted by Crippen LogP contribution is -2.24. The van der Waals surface area contributed by atoms with E-state index in [0.29, 0.717) is 13.0 Å². The van der Waals surface area contributed by atoms with Gasteiger partial charge in [-0.05, 0) is 19.3 Å². The van der Waals surface area contributed by atoms with Crippen molar-refractivity contribution in [1.29, 1.82) is 0 Å². The van der Waals surface area contributed by atoms with Gasteiger partial charge in [0.05, 0.1) is 0 Å². The number of aliphatic hydroxyl groups is 1. The summed E-state index contributed by atoms with van der Waals surface area (Å²) < 4.78 is 10.8. The van der Waals surface area contributed by atoms with E-state index >= 15 is 0 Å². The molecule has 0 aliphatic rings. The van der Waals surface area contributed by atoms with Gasteiger partial charge in [-0.1, -0.05) is 33.6 Å². The maximum Gasteiger partial charge on any atom is 0.160 e. The summed E-state index contributed by atoms with van der Waals surface area (Å²) in [4.78, 5) is 0. The van der Waals surface area contributed by atoms with Crippen LogP contribution in [0.15, 0.2) is 0 Å². The Hall–Kier alpha value is -0.120. The van der Waals surface area contributed by atoms with Crippen LogP contribution in [0.25, 0.3) is 0 Å². The largest absolute Gasteiger partial charge is 0.368 e. The Morgan fingerprint density at radius 3 is 2.14 bits per heavy atom. The molecule has 0 amide bonds. The summed E-state index contributed by atoms with van der Waals surface area (Å²) in [7, 11) is 0. The van der Waals surface area contributed by atoms with Crippen molar-refractivity contribution in [3.8, 4) is 0 Å². The zero-order chi connectivity index (χ0) is 10.8. The van der Waals surface area contributed by atoms with Crippen LogP contribution in [0.1, 0.15) is 52.9 Å². The zero-order valence-electron chi connectivity index (χ0n) is 9.66. The van der Waals surface area contributed by atoms with Gasteiger partial charge in [0.2, 0.25) is 0 Å². The quantitative estimate of drug-likeness (QED) is 0.587. The van der Waals surface area contributed by atoms with E-state index in [0.717, 1.165) is 25.7 Å². The van der Waals surface area contributed by atoms with Crippen LogP contribution < -0.4 is 0 Å². The molecule has 0 aromatic carbocycles. The molecule has 3 nitrogen and oxygen atoms in total. The number of aliphatic hydroxyl groups excluding tert-OH is 1. The van der Waals surface area contributed by atoms with Gasteiger partial charge >= 0.3 is 0 Å². The van der Waals surface area contributed by atoms with Crippen molar-refractivity contribution in [2.75, 3.05) is 6.61 Å². The Labute approximate surface area is 87.4 Å². The van der Waals surface area contributed by atoms with Gasteiger partial charge in [-0.2, -0.15) is 0 Å². The van der Waals surface area contributed by atoms with Crippen LogP contribution >= 0.6 is 0 Å². The molecule has 0 saturated carbocycles. The van der Waals surface area contributed by atoms with E-state index in [2.05, 4.69) is 13.8 Å². The third-order valence-electron chi connectivity index (χ3n) is 1.88. The van der Waals surface area contributed by atoms with Gasteiger partial charge in [-0.3, -0.25) is 0 Å². The SMILES string of the molecule is CCCOC(CCC)OC(O)CCC. The fourth-order valence-corrected chi connectivity index (χ4v) is 1.17. The van der Waals surface area contributed by atoms with E-state index in [1.165, 1.54) is 0 Å². The summed E-state index contributed by atoms with van der Waals surface area (Å²) in [5, 5.41) is 9.44. The maximum absolute atomic E-state index is 9.44. The van der Waals surface area contributed by atoms with E-state index in [9.17, 15) is 5.11 Å². The van der Waals surface area contributed by atoms with Crippen LogP contribution in [0.4, 0.5) is 0 Å². The molecule has 0 aliphatic heterocycles. The smallest absolute Gasteiger partial charge is 0.160 e. The van der Waals surface area contributed by atoms with E-state index in [-0.39, 0.29) is 6.29 Å². The predicted molar refractivity (Wildman–Crippen MR) is 56.9 cm³/mol. The van der Waals surface area contributed by atoms with Crippen molar-refractivity contribution < 1.29 is 14.6 Å². The fraction of sp³-hybridized carbons (Fsp3) is 1.00. The van der Waals surface area contributed by atoms with Gasteiger partial charge in [0.1, 0.15) is 0 Å². The van der Waals surface area contributed by atoms with E-state index in [1.807, 2.05) is 6.92 Å². The highest BCUT2D eigenvalue weighted by Crippen LogP contribution is 2.09.